The first-order chi connectivity index (χ1) is 19.7. The second-order valence-corrected chi connectivity index (χ2v) is 13.6. The maximum Gasteiger partial charge on any atom is 0.453 e. The van der Waals surface area contributed by atoms with Crippen LogP contribution in [0.15, 0.2) is 18.2 Å². The summed E-state index contributed by atoms with van der Waals surface area (Å²) in [5.41, 5.74) is 2.63. The van der Waals surface area contributed by atoms with Gasteiger partial charge in [-0.25, -0.2) is 0 Å². The fourth-order valence-corrected chi connectivity index (χ4v) is 8.64. The van der Waals surface area contributed by atoms with E-state index in [2.05, 4.69) is 13.0 Å². The smallest absolute Gasteiger partial charge is 0.453 e. The number of benzene rings is 1. The van der Waals surface area contributed by atoms with Gasteiger partial charge >= 0.3 is 18.1 Å². The number of aliphatic hydroxyl groups is 1. The Morgan fingerprint density at radius 3 is 2.33 bits per heavy atom. The van der Waals surface area contributed by atoms with Gasteiger partial charge in [0, 0.05) is 6.42 Å². The van der Waals surface area contributed by atoms with Crippen molar-refractivity contribution >= 4 is 5.97 Å². The number of aliphatic hydroxyl groups excluding tert-OH is 1. The summed E-state index contributed by atoms with van der Waals surface area (Å²) < 4.78 is 63.3. The molecule has 1 aromatic rings. The summed E-state index contributed by atoms with van der Waals surface area (Å²) in [6.45, 7) is 2.28. The number of carboxylic acid groups (broad SMARTS) is 1. The average Bonchev–Trinajstić information content (AvgIpc) is 3.21. The van der Waals surface area contributed by atoms with Crippen LogP contribution >= 0.6 is 0 Å². The number of alkyl halides is 5. The number of phenolic OH excluding ortho intramolecular Hbond substituents is 1. The quantitative estimate of drug-likeness (QED) is 0.147. The normalized spacial score (nSPS) is 29.9. The van der Waals surface area contributed by atoms with Crippen molar-refractivity contribution in [3.8, 4) is 5.75 Å². The third kappa shape index (κ3) is 7.24. The van der Waals surface area contributed by atoms with Gasteiger partial charge in [0.1, 0.15) is 5.75 Å². The number of phenols is 1. The van der Waals surface area contributed by atoms with Gasteiger partial charge in [0.05, 0.1) is 12.0 Å². The molecule has 0 radical (unpaired) electrons. The first-order valence-electron chi connectivity index (χ1n) is 15.9. The number of fused-ring (bicyclic) bond motifs is 5. The lowest BCUT2D eigenvalue weighted by molar-refractivity contribution is -0.284. The number of aromatic hydroxyl groups is 1. The topological polar surface area (TPSA) is 77.8 Å². The summed E-state index contributed by atoms with van der Waals surface area (Å²) in [6.07, 6.45) is 4.04. The molecule has 0 saturated heterocycles. The summed E-state index contributed by atoms with van der Waals surface area (Å²) >= 11 is 0. The maximum atomic E-state index is 13.1. The second-order valence-electron chi connectivity index (χ2n) is 13.6. The van der Waals surface area contributed by atoms with Crippen LogP contribution in [0.4, 0.5) is 22.0 Å². The minimum atomic E-state index is -5.60. The van der Waals surface area contributed by atoms with Gasteiger partial charge in [0.2, 0.25) is 0 Å². The van der Waals surface area contributed by atoms with Crippen LogP contribution < -0.4 is 0 Å². The molecule has 0 bridgehead atoms. The van der Waals surface area contributed by atoms with E-state index in [0.717, 1.165) is 70.6 Å². The minimum absolute atomic E-state index is 0.0130. The average molecular weight is 603 g/mol. The standard InChI is InChI=1S/C33H47F5O4/c1-31-18-16-26-25-13-12-24(39)20-23(25)19-22(29(26)27(31)14-15-28(31)40)10-7-5-3-2-4-6-9-21(30(41)42)11-8-17-32(34,35)33(36,37)38/h12-13,20-22,26-29,39-40H,2-11,14-19H2,1H3,(H,41,42)/t21?,22-,26-,27+,28+,29-,31+/m1/s1. The summed E-state index contributed by atoms with van der Waals surface area (Å²) in [6, 6.07) is 5.85. The Bertz CT molecular complexity index is 1060. The highest BCUT2D eigenvalue weighted by atomic mass is 19.4. The van der Waals surface area contributed by atoms with Crippen molar-refractivity contribution in [2.24, 2.45) is 29.1 Å². The lowest BCUT2D eigenvalue weighted by atomic mass is 9.52. The number of halogens is 5. The first-order valence-corrected chi connectivity index (χ1v) is 15.9. The molecule has 0 heterocycles. The van der Waals surface area contributed by atoms with Gasteiger partial charge in [0.25, 0.3) is 0 Å². The maximum absolute atomic E-state index is 13.1. The van der Waals surface area contributed by atoms with Crippen molar-refractivity contribution in [2.45, 2.75) is 134 Å². The van der Waals surface area contributed by atoms with Crippen LogP contribution in [-0.4, -0.2) is 39.5 Å². The van der Waals surface area contributed by atoms with Crippen molar-refractivity contribution in [3.63, 3.8) is 0 Å². The highest BCUT2D eigenvalue weighted by molar-refractivity contribution is 5.69. The van der Waals surface area contributed by atoms with Crippen LogP contribution in [0.3, 0.4) is 0 Å². The zero-order chi connectivity index (χ0) is 30.7. The van der Waals surface area contributed by atoms with E-state index >= 15 is 0 Å². The van der Waals surface area contributed by atoms with Gasteiger partial charge in [-0.15, -0.1) is 0 Å². The Morgan fingerprint density at radius 2 is 1.64 bits per heavy atom. The molecule has 7 atom stereocenters. The van der Waals surface area contributed by atoms with Gasteiger partial charge in [-0.2, -0.15) is 22.0 Å². The summed E-state index contributed by atoms with van der Waals surface area (Å²) in [5, 5.41) is 30.4. The summed E-state index contributed by atoms with van der Waals surface area (Å²) in [5.74, 6) is -4.46. The number of unbranched alkanes of at least 4 members (excludes halogenated alkanes) is 5. The van der Waals surface area contributed by atoms with Crippen LogP contribution in [0.1, 0.15) is 120 Å². The van der Waals surface area contributed by atoms with Crippen LogP contribution in [0.5, 0.6) is 5.75 Å². The van der Waals surface area contributed by atoms with Crippen molar-refractivity contribution in [1.82, 2.24) is 0 Å². The van der Waals surface area contributed by atoms with Crippen LogP contribution in [-0.2, 0) is 11.2 Å². The molecule has 3 aliphatic carbocycles. The predicted octanol–water partition coefficient (Wildman–Crippen LogP) is 9.02. The van der Waals surface area contributed by atoms with Gasteiger partial charge < -0.3 is 15.3 Å². The monoisotopic (exact) mass is 602 g/mol. The van der Waals surface area contributed by atoms with Crippen molar-refractivity contribution in [1.29, 1.82) is 0 Å². The van der Waals surface area contributed by atoms with Crippen molar-refractivity contribution in [2.75, 3.05) is 0 Å². The second kappa shape index (κ2) is 13.4. The van der Waals surface area contributed by atoms with E-state index in [1.165, 1.54) is 11.1 Å². The molecule has 2 saturated carbocycles. The van der Waals surface area contributed by atoms with Crippen molar-refractivity contribution < 1.29 is 42.1 Å². The van der Waals surface area contributed by atoms with E-state index in [1.807, 2.05) is 6.07 Å². The third-order valence-corrected chi connectivity index (χ3v) is 11.0. The molecule has 3 aliphatic rings. The highest BCUT2D eigenvalue weighted by Crippen LogP contribution is 2.62. The Balaban J connectivity index is 1.21. The zero-order valence-corrected chi connectivity index (χ0v) is 24.6. The molecule has 42 heavy (non-hydrogen) atoms. The number of hydrogen-bond acceptors (Lipinski definition) is 3. The van der Waals surface area contributed by atoms with E-state index in [0.29, 0.717) is 35.8 Å². The molecular weight excluding hydrogens is 555 g/mol. The van der Waals surface area contributed by atoms with Crippen molar-refractivity contribution in [3.05, 3.63) is 29.3 Å². The van der Waals surface area contributed by atoms with Gasteiger partial charge in [-0.05, 0) is 110 Å². The Labute approximate surface area is 246 Å². The molecule has 238 valence electrons. The number of carbonyl (C=O) groups is 1. The molecule has 0 amide bonds. The predicted molar refractivity (Wildman–Crippen MR) is 151 cm³/mol. The van der Waals surface area contributed by atoms with Gasteiger partial charge in [-0.1, -0.05) is 51.5 Å². The molecule has 0 aliphatic heterocycles. The molecule has 1 aromatic carbocycles. The summed E-state index contributed by atoms with van der Waals surface area (Å²) in [4.78, 5) is 11.5. The molecule has 1 unspecified atom stereocenters. The SMILES string of the molecule is C[C@]12CC[C@@H]3c4ccc(O)cc4C[C@@H](CCCCCCCCC(CCCC(F)(F)C(F)(F)F)C(=O)O)[C@H]3[C@@H]1CC[C@@H]2O. The zero-order valence-electron chi connectivity index (χ0n) is 24.6. The van der Waals surface area contributed by atoms with Crippen LogP contribution in [0.2, 0.25) is 0 Å². The highest BCUT2D eigenvalue weighted by Gasteiger charge is 2.57. The van der Waals surface area contributed by atoms with E-state index in [-0.39, 0.29) is 24.4 Å². The fraction of sp³-hybridized carbons (Fsp3) is 0.788. The lowest BCUT2D eigenvalue weighted by Crippen LogP contribution is -2.47. The third-order valence-electron chi connectivity index (χ3n) is 11.0. The number of rotatable bonds is 14. The Morgan fingerprint density at radius 1 is 0.976 bits per heavy atom. The number of carboxylic acids is 1. The van der Waals surface area contributed by atoms with E-state index in [9.17, 15) is 42.1 Å². The van der Waals surface area contributed by atoms with Crippen LogP contribution in [0.25, 0.3) is 0 Å². The van der Waals surface area contributed by atoms with E-state index in [4.69, 9.17) is 0 Å². The van der Waals surface area contributed by atoms with E-state index in [1.54, 1.807) is 6.07 Å². The molecule has 0 spiro atoms. The van der Waals surface area contributed by atoms with Gasteiger partial charge in [-0.3, -0.25) is 4.79 Å². The molecule has 4 rings (SSSR count). The largest absolute Gasteiger partial charge is 0.508 e. The first kappa shape index (κ1) is 33.0. The Hall–Kier alpha value is -1.90. The minimum Gasteiger partial charge on any atom is -0.508 e. The number of aliphatic carboxylic acids is 1. The molecule has 3 N–H and O–H groups in total. The Kier molecular flexibility index (Phi) is 10.5. The lowest BCUT2D eigenvalue weighted by Gasteiger charge is -2.53. The molecular formula is C33H47F5O4. The molecule has 2 fully saturated rings. The molecule has 0 aromatic heterocycles. The molecule has 4 nitrogen and oxygen atoms in total. The van der Waals surface area contributed by atoms with E-state index < -0.39 is 36.8 Å². The summed E-state index contributed by atoms with van der Waals surface area (Å²) in [7, 11) is 0. The van der Waals surface area contributed by atoms with Crippen LogP contribution in [0, 0.1) is 29.1 Å². The number of hydrogen-bond donors (Lipinski definition) is 3. The van der Waals surface area contributed by atoms with Gasteiger partial charge in [0.15, 0.2) is 0 Å². The fourth-order valence-electron chi connectivity index (χ4n) is 8.64. The molecule has 9 heteroatoms.